The predicted octanol–water partition coefficient (Wildman–Crippen LogP) is 7.55. The van der Waals surface area contributed by atoms with E-state index in [4.69, 9.17) is 0 Å². The quantitative estimate of drug-likeness (QED) is 0.151. The van der Waals surface area contributed by atoms with E-state index in [1.807, 2.05) is 74.5 Å². The van der Waals surface area contributed by atoms with E-state index < -0.39 is 11.5 Å². The zero-order valence-electron chi connectivity index (χ0n) is 24.4. The molecule has 5 nitrogen and oxygen atoms in total. The summed E-state index contributed by atoms with van der Waals surface area (Å²) in [6, 6.07) is 0. The lowest BCUT2D eigenvalue weighted by atomic mass is 9.74. The van der Waals surface area contributed by atoms with Crippen LogP contribution in [0.2, 0.25) is 0 Å². The Morgan fingerprint density at radius 2 is 1.92 bits per heavy atom. The number of carbonyl (C=O) groups is 2. The minimum atomic E-state index is -0.682. The molecule has 0 bridgehead atoms. The Labute approximate surface area is 225 Å². The fourth-order valence-corrected chi connectivity index (χ4v) is 4.32. The first kappa shape index (κ1) is 36.1. The molecule has 206 valence electrons. The van der Waals surface area contributed by atoms with Crippen LogP contribution in [0.5, 0.6) is 0 Å². The maximum atomic E-state index is 12.6. The van der Waals surface area contributed by atoms with E-state index in [1.165, 1.54) is 5.57 Å². The van der Waals surface area contributed by atoms with Gasteiger partial charge in [-0.3, -0.25) is 9.59 Å². The molecule has 0 fully saturated rings. The number of thiazole rings is 1. The number of carbonyl (C=O) groups excluding carboxylic acids is 2. The summed E-state index contributed by atoms with van der Waals surface area (Å²) in [5.41, 5.74) is 1.56. The summed E-state index contributed by atoms with van der Waals surface area (Å²) in [4.78, 5) is 27.0. The van der Waals surface area contributed by atoms with Gasteiger partial charge in [0, 0.05) is 23.3 Å². The predicted molar refractivity (Wildman–Crippen MR) is 157 cm³/mol. The Morgan fingerprint density at radius 3 is 2.42 bits per heavy atom. The smallest absolute Gasteiger partial charge is 0.207 e. The van der Waals surface area contributed by atoms with Gasteiger partial charge in [0.25, 0.3) is 0 Å². The van der Waals surface area contributed by atoms with Crippen LogP contribution in [-0.4, -0.2) is 34.9 Å². The average molecular weight is 521 g/mol. The van der Waals surface area contributed by atoms with Crippen LogP contribution in [0, 0.1) is 24.2 Å². The van der Waals surface area contributed by atoms with Crippen molar-refractivity contribution in [3.63, 3.8) is 0 Å². The van der Waals surface area contributed by atoms with Crippen molar-refractivity contribution < 1.29 is 14.7 Å². The molecule has 0 aliphatic heterocycles. The van der Waals surface area contributed by atoms with Crippen molar-refractivity contribution >= 4 is 29.6 Å². The van der Waals surface area contributed by atoms with Crippen molar-refractivity contribution in [3.05, 3.63) is 46.0 Å². The second-order valence-electron chi connectivity index (χ2n) is 9.49. The Balaban J connectivity index is 0. The average Bonchev–Trinajstić information content (AvgIpc) is 3.27. The Hall–Kier alpha value is -2.05. The third-order valence-corrected chi connectivity index (χ3v) is 6.58. The van der Waals surface area contributed by atoms with E-state index in [0.29, 0.717) is 25.3 Å². The topological polar surface area (TPSA) is 79.3 Å². The molecular formula is C30H52N2O3S. The number of aliphatic hydroxyl groups excluding tert-OH is 1. The molecule has 0 aliphatic rings. The fraction of sp³-hybridized carbons (Fsp3) is 0.633. The van der Waals surface area contributed by atoms with Crippen LogP contribution in [0.15, 0.2) is 35.3 Å². The van der Waals surface area contributed by atoms with E-state index in [2.05, 4.69) is 40.8 Å². The number of ketones is 1. The molecule has 36 heavy (non-hydrogen) atoms. The van der Waals surface area contributed by atoms with Gasteiger partial charge in [-0.25, -0.2) is 4.98 Å². The lowest BCUT2D eigenvalue weighted by Crippen LogP contribution is -2.40. The summed E-state index contributed by atoms with van der Waals surface area (Å²) in [6.45, 7) is 20.4. The molecule has 1 heterocycles. The molecule has 0 spiro atoms. The van der Waals surface area contributed by atoms with Crippen LogP contribution < -0.4 is 5.32 Å². The molecule has 0 saturated carbocycles. The molecule has 1 aromatic heterocycles. The van der Waals surface area contributed by atoms with Gasteiger partial charge in [0.15, 0.2) is 0 Å². The molecule has 0 saturated heterocycles. The first-order chi connectivity index (χ1) is 17.0. The van der Waals surface area contributed by atoms with E-state index in [1.54, 1.807) is 11.3 Å². The third kappa shape index (κ3) is 15.8. The van der Waals surface area contributed by atoms with Gasteiger partial charge in [0.05, 0.1) is 16.8 Å². The Bertz CT molecular complexity index is 809. The van der Waals surface area contributed by atoms with Gasteiger partial charge in [-0.05, 0) is 58.4 Å². The second kappa shape index (κ2) is 21.1. The normalized spacial score (nSPS) is 14.4. The number of Topliss-reactive ketones (excluding diaryl/α,β-unsaturated/α-hetero) is 1. The summed E-state index contributed by atoms with van der Waals surface area (Å²) in [5.74, 6) is 0.511. The number of aromatic nitrogens is 1. The second-order valence-corrected chi connectivity index (χ2v) is 10.6. The van der Waals surface area contributed by atoms with Gasteiger partial charge >= 0.3 is 0 Å². The van der Waals surface area contributed by atoms with E-state index >= 15 is 0 Å². The standard InChI is InChI=1S/C21H37NO3.C7H9NS.C2H6/c1-7-19(24)21(5,6)20(25)18(4)14-17(3)11-8-10-16(2)12-9-13-22-15-23;1-3-4-7-5-9-6(2)8-7;1-2/h8,10,12,15,17-19,24H,7,9,11,13-14H2,1-6H3,(H,22,23);3-5H,1-2H3;1-2H3/b10-8+,16-12-;4-3-;. The number of amides is 1. The molecule has 0 aromatic carbocycles. The largest absolute Gasteiger partial charge is 0.392 e. The van der Waals surface area contributed by atoms with Crippen LogP contribution >= 0.6 is 11.3 Å². The SMILES string of the molecule is C/C=C\c1csc(C)n1.CC.CCC(O)C(C)(C)C(=O)C(C)CC(C)C/C=C/C(C)=C\CCNC=O. The van der Waals surface area contributed by atoms with E-state index in [9.17, 15) is 14.7 Å². The number of hydrogen-bond donors (Lipinski definition) is 2. The van der Waals surface area contributed by atoms with Crippen molar-refractivity contribution in [2.45, 2.75) is 101 Å². The van der Waals surface area contributed by atoms with Crippen LogP contribution in [0.4, 0.5) is 0 Å². The lowest BCUT2D eigenvalue weighted by Gasteiger charge is -2.31. The number of allylic oxidation sites excluding steroid dienone is 4. The number of rotatable bonds is 14. The molecule has 3 atom stereocenters. The maximum absolute atomic E-state index is 12.6. The lowest BCUT2D eigenvalue weighted by molar-refractivity contribution is -0.137. The molecule has 1 aromatic rings. The Morgan fingerprint density at radius 1 is 1.28 bits per heavy atom. The summed E-state index contributed by atoms with van der Waals surface area (Å²) < 4.78 is 0. The van der Waals surface area contributed by atoms with Crippen molar-refractivity contribution in [1.29, 1.82) is 0 Å². The number of hydrogen-bond acceptors (Lipinski definition) is 5. The fourth-order valence-electron chi connectivity index (χ4n) is 3.74. The van der Waals surface area contributed by atoms with Crippen molar-refractivity contribution in [1.82, 2.24) is 10.3 Å². The van der Waals surface area contributed by atoms with Gasteiger partial charge in [-0.15, -0.1) is 11.3 Å². The molecule has 6 heteroatoms. The maximum Gasteiger partial charge on any atom is 0.207 e. The monoisotopic (exact) mass is 520 g/mol. The molecule has 1 rings (SSSR count). The highest BCUT2D eigenvalue weighted by molar-refractivity contribution is 7.09. The Kier molecular flexibility index (Phi) is 21.1. The highest BCUT2D eigenvalue weighted by Crippen LogP contribution is 2.30. The highest BCUT2D eigenvalue weighted by atomic mass is 32.1. The van der Waals surface area contributed by atoms with Crippen molar-refractivity contribution in [2.24, 2.45) is 17.3 Å². The van der Waals surface area contributed by atoms with Gasteiger partial charge in [-0.1, -0.05) is 78.3 Å². The summed E-state index contributed by atoms with van der Waals surface area (Å²) in [7, 11) is 0. The van der Waals surface area contributed by atoms with Crippen LogP contribution in [-0.2, 0) is 9.59 Å². The minimum Gasteiger partial charge on any atom is -0.392 e. The van der Waals surface area contributed by atoms with Gasteiger partial charge in [0.2, 0.25) is 6.41 Å². The zero-order valence-corrected chi connectivity index (χ0v) is 25.2. The van der Waals surface area contributed by atoms with Crippen molar-refractivity contribution in [3.8, 4) is 0 Å². The molecular weight excluding hydrogens is 468 g/mol. The zero-order chi connectivity index (χ0) is 28.1. The van der Waals surface area contributed by atoms with Crippen molar-refractivity contribution in [2.75, 3.05) is 6.54 Å². The first-order valence-corrected chi connectivity index (χ1v) is 14.1. The van der Waals surface area contributed by atoms with Gasteiger partial charge < -0.3 is 10.4 Å². The molecule has 0 radical (unpaired) electrons. The summed E-state index contributed by atoms with van der Waals surface area (Å²) in [6.07, 6.45) is 13.6. The first-order valence-electron chi connectivity index (χ1n) is 13.3. The molecule has 0 aliphatic carbocycles. The van der Waals surface area contributed by atoms with Gasteiger partial charge in [-0.2, -0.15) is 0 Å². The third-order valence-electron chi connectivity index (χ3n) is 5.79. The van der Waals surface area contributed by atoms with Crippen LogP contribution in [0.1, 0.15) is 98.7 Å². The van der Waals surface area contributed by atoms with E-state index in [0.717, 1.165) is 30.0 Å². The number of aliphatic hydroxyl groups is 1. The number of aryl methyl sites for hydroxylation is 1. The number of nitrogens with one attached hydrogen (secondary N) is 1. The van der Waals surface area contributed by atoms with Crippen LogP contribution in [0.25, 0.3) is 6.08 Å². The molecule has 3 unspecified atom stereocenters. The highest BCUT2D eigenvalue weighted by Gasteiger charge is 2.37. The van der Waals surface area contributed by atoms with Gasteiger partial charge in [0.1, 0.15) is 5.78 Å². The minimum absolute atomic E-state index is 0.0503. The molecule has 1 amide bonds. The van der Waals surface area contributed by atoms with E-state index in [-0.39, 0.29) is 11.7 Å². The summed E-state index contributed by atoms with van der Waals surface area (Å²) in [5, 5.41) is 15.9. The molecule has 2 N–H and O–H groups in total. The number of nitrogens with zero attached hydrogens (tertiary/aromatic N) is 1. The van der Waals surface area contributed by atoms with Crippen LogP contribution in [0.3, 0.4) is 0 Å². The summed E-state index contributed by atoms with van der Waals surface area (Å²) >= 11 is 1.68.